The number of rotatable bonds is 1. The molecular weight excluding hydrogens is 260 g/mol. The predicted octanol–water partition coefficient (Wildman–Crippen LogP) is 3.02. The largest absolute Gasteiger partial charge is 0.325 e. The van der Waals surface area contributed by atoms with E-state index in [1.165, 1.54) is 18.4 Å². The van der Waals surface area contributed by atoms with Gasteiger partial charge in [-0.1, -0.05) is 11.6 Å². The molecule has 3 heterocycles. The van der Waals surface area contributed by atoms with E-state index < -0.39 is 0 Å². The van der Waals surface area contributed by atoms with Gasteiger partial charge in [0.2, 0.25) is 0 Å². The number of fused-ring (bicyclic) bond motifs is 2. The number of halogens is 1. The van der Waals surface area contributed by atoms with Gasteiger partial charge in [0.15, 0.2) is 0 Å². The van der Waals surface area contributed by atoms with E-state index in [0.717, 1.165) is 23.7 Å². The summed E-state index contributed by atoms with van der Waals surface area (Å²) in [7, 11) is 0. The highest BCUT2D eigenvalue weighted by atomic mass is 35.5. The van der Waals surface area contributed by atoms with Crippen LogP contribution in [0.2, 0.25) is 5.15 Å². The lowest BCUT2D eigenvalue weighted by atomic mass is 10.0. The molecule has 1 spiro atoms. The van der Waals surface area contributed by atoms with E-state index in [1.807, 2.05) is 25.3 Å². The molecular formula is C14H13ClN4. The Morgan fingerprint density at radius 3 is 2.79 bits per heavy atom. The monoisotopic (exact) mass is 272 g/mol. The Balaban J connectivity index is 1.86. The SMILES string of the molecule is Cc1cc(N2CC3(CC3)c3cnc(Cl)cc32)ncn1. The number of pyridine rings is 1. The Hall–Kier alpha value is -1.68. The predicted molar refractivity (Wildman–Crippen MR) is 73.9 cm³/mol. The molecule has 0 aromatic carbocycles. The number of nitrogens with zero attached hydrogens (tertiary/aromatic N) is 4. The number of aromatic nitrogens is 3. The number of anilines is 2. The lowest BCUT2D eigenvalue weighted by Gasteiger charge is -2.18. The minimum Gasteiger partial charge on any atom is -0.325 e. The van der Waals surface area contributed by atoms with E-state index in [0.29, 0.717) is 5.15 Å². The average molecular weight is 273 g/mol. The second kappa shape index (κ2) is 3.67. The molecule has 1 saturated carbocycles. The van der Waals surface area contributed by atoms with Crippen molar-refractivity contribution < 1.29 is 0 Å². The lowest BCUT2D eigenvalue weighted by Crippen LogP contribution is -2.20. The number of hydrogen-bond acceptors (Lipinski definition) is 4. The fraction of sp³-hybridized carbons (Fsp3) is 0.357. The summed E-state index contributed by atoms with van der Waals surface area (Å²) in [5.41, 5.74) is 3.72. The van der Waals surface area contributed by atoms with Gasteiger partial charge in [0.25, 0.3) is 0 Å². The van der Waals surface area contributed by atoms with Gasteiger partial charge >= 0.3 is 0 Å². The molecule has 0 unspecified atom stereocenters. The minimum absolute atomic E-state index is 0.284. The normalized spacial score (nSPS) is 18.7. The Morgan fingerprint density at radius 1 is 1.21 bits per heavy atom. The molecule has 2 aromatic heterocycles. The van der Waals surface area contributed by atoms with E-state index in [2.05, 4.69) is 19.9 Å². The molecule has 0 atom stereocenters. The van der Waals surface area contributed by atoms with Crippen LogP contribution in [-0.4, -0.2) is 21.5 Å². The van der Waals surface area contributed by atoms with E-state index >= 15 is 0 Å². The minimum atomic E-state index is 0.284. The maximum Gasteiger partial charge on any atom is 0.136 e. The topological polar surface area (TPSA) is 41.9 Å². The summed E-state index contributed by atoms with van der Waals surface area (Å²) >= 11 is 6.05. The van der Waals surface area contributed by atoms with Crippen LogP contribution in [0.5, 0.6) is 0 Å². The van der Waals surface area contributed by atoms with Crippen molar-refractivity contribution in [3.63, 3.8) is 0 Å². The summed E-state index contributed by atoms with van der Waals surface area (Å²) in [6, 6.07) is 3.96. The van der Waals surface area contributed by atoms with Crippen molar-refractivity contribution in [3.05, 3.63) is 41.1 Å². The van der Waals surface area contributed by atoms with Crippen LogP contribution in [0.4, 0.5) is 11.5 Å². The highest BCUT2D eigenvalue weighted by Crippen LogP contribution is 2.57. The summed E-state index contributed by atoms with van der Waals surface area (Å²) < 4.78 is 0. The summed E-state index contributed by atoms with van der Waals surface area (Å²) in [4.78, 5) is 15.0. The lowest BCUT2D eigenvalue weighted by molar-refractivity contribution is 0.737. The molecule has 0 saturated heterocycles. The van der Waals surface area contributed by atoms with Gasteiger partial charge in [-0.2, -0.15) is 0 Å². The van der Waals surface area contributed by atoms with E-state index in [4.69, 9.17) is 11.6 Å². The first-order valence-electron chi connectivity index (χ1n) is 6.40. The zero-order valence-corrected chi connectivity index (χ0v) is 11.4. The van der Waals surface area contributed by atoms with Crippen LogP contribution in [0.15, 0.2) is 24.7 Å². The fourth-order valence-electron chi connectivity index (χ4n) is 2.90. The van der Waals surface area contributed by atoms with Crippen molar-refractivity contribution >= 4 is 23.1 Å². The first kappa shape index (κ1) is 11.2. The van der Waals surface area contributed by atoms with Gasteiger partial charge in [-0.3, -0.25) is 0 Å². The maximum atomic E-state index is 6.05. The smallest absolute Gasteiger partial charge is 0.136 e. The molecule has 19 heavy (non-hydrogen) atoms. The van der Waals surface area contributed by atoms with Crippen LogP contribution in [-0.2, 0) is 5.41 Å². The summed E-state index contributed by atoms with van der Waals surface area (Å²) in [6.45, 7) is 2.95. The molecule has 0 radical (unpaired) electrons. The first-order chi connectivity index (χ1) is 9.18. The Kier molecular flexibility index (Phi) is 2.16. The molecule has 0 N–H and O–H groups in total. The highest BCUT2D eigenvalue weighted by Gasteiger charge is 2.52. The highest BCUT2D eigenvalue weighted by molar-refractivity contribution is 6.29. The average Bonchev–Trinajstić information content (AvgIpc) is 3.09. The zero-order chi connectivity index (χ0) is 13.0. The van der Waals surface area contributed by atoms with Crippen LogP contribution in [0.25, 0.3) is 0 Å². The second-order valence-electron chi connectivity index (χ2n) is 5.41. The van der Waals surface area contributed by atoms with Crippen LogP contribution < -0.4 is 4.90 Å². The molecule has 1 fully saturated rings. The van der Waals surface area contributed by atoms with Gasteiger partial charge in [-0.25, -0.2) is 15.0 Å². The first-order valence-corrected chi connectivity index (χ1v) is 6.78. The number of hydrogen-bond donors (Lipinski definition) is 0. The van der Waals surface area contributed by atoms with Crippen molar-refractivity contribution in [2.45, 2.75) is 25.2 Å². The third-order valence-electron chi connectivity index (χ3n) is 4.09. The van der Waals surface area contributed by atoms with Crippen LogP contribution >= 0.6 is 11.6 Å². The van der Waals surface area contributed by atoms with E-state index in [-0.39, 0.29) is 5.41 Å². The molecule has 0 amide bonds. The molecule has 2 aliphatic rings. The standard InChI is InChI=1S/C14H13ClN4/c1-9-4-13(18-8-17-9)19-7-14(2-3-14)10-6-16-12(15)5-11(10)19/h4-6,8H,2-3,7H2,1H3. The zero-order valence-electron chi connectivity index (χ0n) is 10.6. The Morgan fingerprint density at radius 2 is 2.05 bits per heavy atom. The van der Waals surface area contributed by atoms with Crippen LogP contribution in [0, 0.1) is 6.92 Å². The van der Waals surface area contributed by atoms with Gasteiger partial charge in [0.1, 0.15) is 17.3 Å². The van der Waals surface area contributed by atoms with Gasteiger partial charge < -0.3 is 4.90 Å². The molecule has 0 bridgehead atoms. The van der Waals surface area contributed by atoms with Crippen LogP contribution in [0.3, 0.4) is 0 Å². The fourth-order valence-corrected chi connectivity index (χ4v) is 3.05. The summed E-state index contributed by atoms with van der Waals surface area (Å²) in [6.07, 6.45) is 6.00. The molecule has 1 aliphatic heterocycles. The van der Waals surface area contributed by atoms with Gasteiger partial charge in [0, 0.05) is 35.5 Å². The molecule has 4 rings (SSSR count). The molecule has 2 aromatic rings. The van der Waals surface area contributed by atoms with Crippen molar-refractivity contribution in [1.82, 2.24) is 15.0 Å². The molecule has 5 heteroatoms. The van der Waals surface area contributed by atoms with E-state index in [9.17, 15) is 0 Å². The van der Waals surface area contributed by atoms with Crippen molar-refractivity contribution in [1.29, 1.82) is 0 Å². The van der Waals surface area contributed by atoms with Crippen LogP contribution in [0.1, 0.15) is 24.1 Å². The molecule has 1 aliphatic carbocycles. The van der Waals surface area contributed by atoms with E-state index in [1.54, 1.807) is 6.33 Å². The third-order valence-corrected chi connectivity index (χ3v) is 4.30. The van der Waals surface area contributed by atoms with Gasteiger partial charge in [-0.15, -0.1) is 0 Å². The third kappa shape index (κ3) is 1.63. The maximum absolute atomic E-state index is 6.05. The van der Waals surface area contributed by atoms with Crippen molar-refractivity contribution in [3.8, 4) is 0 Å². The summed E-state index contributed by atoms with van der Waals surface area (Å²) in [5.74, 6) is 0.944. The number of aryl methyl sites for hydroxylation is 1. The van der Waals surface area contributed by atoms with Crippen molar-refractivity contribution in [2.24, 2.45) is 0 Å². The Bertz CT molecular complexity index is 666. The Labute approximate surface area is 116 Å². The second-order valence-corrected chi connectivity index (χ2v) is 5.80. The molecule has 4 nitrogen and oxygen atoms in total. The summed E-state index contributed by atoms with van der Waals surface area (Å²) in [5, 5.41) is 0.534. The molecule has 96 valence electrons. The quantitative estimate of drug-likeness (QED) is 0.749. The van der Waals surface area contributed by atoms with Gasteiger partial charge in [0.05, 0.1) is 5.69 Å². The van der Waals surface area contributed by atoms with Crippen molar-refractivity contribution in [2.75, 3.05) is 11.4 Å². The van der Waals surface area contributed by atoms with Gasteiger partial charge in [-0.05, 0) is 25.8 Å².